The number of aryl methyl sites for hydroxylation is 1. The van der Waals surface area contributed by atoms with Crippen molar-refractivity contribution >= 4 is 34.2 Å². The highest BCUT2D eigenvalue weighted by Crippen LogP contribution is 2.37. The fourth-order valence-corrected chi connectivity index (χ4v) is 4.34. The summed E-state index contributed by atoms with van der Waals surface area (Å²) in [6.07, 6.45) is -4.10. The molecule has 0 bridgehead atoms. The third kappa shape index (κ3) is 4.25. The van der Waals surface area contributed by atoms with E-state index in [1.165, 1.54) is 0 Å². The van der Waals surface area contributed by atoms with Crippen molar-refractivity contribution in [2.75, 3.05) is 0 Å². The zero-order chi connectivity index (χ0) is 21.5. The van der Waals surface area contributed by atoms with Gasteiger partial charge >= 0.3 is 6.18 Å². The minimum atomic E-state index is -4.52. The topological polar surface area (TPSA) is 38.0 Å². The molecule has 0 aliphatic carbocycles. The van der Waals surface area contributed by atoms with Crippen LogP contribution in [0.2, 0.25) is 10.0 Å². The van der Waals surface area contributed by atoms with Crippen molar-refractivity contribution in [3.05, 3.63) is 62.9 Å². The maximum atomic E-state index is 13.0. The third-order valence-electron chi connectivity index (χ3n) is 5.24. The van der Waals surface area contributed by atoms with Gasteiger partial charge in [0, 0.05) is 29.4 Å². The van der Waals surface area contributed by atoms with Gasteiger partial charge in [-0.05, 0) is 42.7 Å². The molecular weight excluding hydrogens is 424 g/mol. The van der Waals surface area contributed by atoms with E-state index in [1.54, 1.807) is 6.92 Å². The van der Waals surface area contributed by atoms with Gasteiger partial charge in [-0.3, -0.25) is 0 Å². The molecule has 3 nitrogen and oxygen atoms in total. The second-order valence-electron chi connectivity index (χ2n) is 7.15. The van der Waals surface area contributed by atoms with Crippen LogP contribution in [0.3, 0.4) is 0 Å². The molecule has 156 valence electrons. The molecule has 2 aromatic carbocycles. The van der Waals surface area contributed by atoms with Crippen LogP contribution in [0.15, 0.2) is 30.3 Å². The maximum Gasteiger partial charge on any atom is 0.416 e. The van der Waals surface area contributed by atoms with Crippen LogP contribution in [0.5, 0.6) is 0 Å². The van der Waals surface area contributed by atoms with Gasteiger partial charge in [-0.15, -0.1) is 0 Å². The van der Waals surface area contributed by atoms with Crippen LogP contribution in [-0.2, 0) is 19.6 Å². The number of aliphatic hydroxyl groups is 1. The minimum Gasteiger partial charge on any atom is -0.393 e. The highest BCUT2D eigenvalue weighted by molar-refractivity contribution is 6.36. The van der Waals surface area contributed by atoms with Crippen LogP contribution in [-0.4, -0.2) is 20.8 Å². The van der Waals surface area contributed by atoms with E-state index in [9.17, 15) is 18.3 Å². The molecule has 2 unspecified atom stereocenters. The largest absolute Gasteiger partial charge is 0.416 e. The van der Waals surface area contributed by atoms with E-state index in [1.807, 2.05) is 36.7 Å². The molecule has 0 aliphatic rings. The molecule has 0 aliphatic heterocycles. The van der Waals surface area contributed by atoms with E-state index < -0.39 is 17.8 Å². The third-order valence-corrected chi connectivity index (χ3v) is 5.92. The molecule has 0 amide bonds. The number of hydrogen-bond acceptors (Lipinski definition) is 2. The Morgan fingerprint density at radius 3 is 2.31 bits per heavy atom. The lowest BCUT2D eigenvalue weighted by Gasteiger charge is -2.20. The van der Waals surface area contributed by atoms with Crippen molar-refractivity contribution < 1.29 is 18.3 Å². The maximum absolute atomic E-state index is 13.0. The number of fused-ring (bicyclic) bond motifs is 1. The van der Waals surface area contributed by atoms with Crippen LogP contribution >= 0.6 is 23.2 Å². The number of para-hydroxylation sites is 1. The van der Waals surface area contributed by atoms with Crippen LogP contribution in [0.1, 0.15) is 48.7 Å². The molecule has 1 aromatic heterocycles. The first kappa shape index (κ1) is 21.9. The fourth-order valence-electron chi connectivity index (χ4n) is 3.72. The molecule has 3 aromatic rings. The number of benzene rings is 2. The molecule has 0 saturated heterocycles. The molecule has 29 heavy (non-hydrogen) atoms. The Bertz CT molecular complexity index is 1020. The molecule has 0 radical (unpaired) electrons. The van der Waals surface area contributed by atoms with E-state index in [2.05, 4.69) is 4.98 Å². The lowest BCUT2D eigenvalue weighted by molar-refractivity contribution is -0.137. The minimum absolute atomic E-state index is 0.0486. The Labute approximate surface area is 177 Å². The standard InChI is InChI=1S/C21H21Cl2F3N2O/c1-4-13(11(2)29)14-6-5-7-18-20(14)28(3)19(27-18)10-15-16(22)8-12(9-17(15)23)21(24,25)26/h5-9,11,13,29H,4,10H2,1-3H3. The summed E-state index contributed by atoms with van der Waals surface area (Å²) in [5, 5.41) is 10.1. The number of hydrogen-bond donors (Lipinski definition) is 1. The van der Waals surface area contributed by atoms with Gasteiger partial charge in [-0.1, -0.05) is 42.3 Å². The van der Waals surface area contributed by atoms with Crippen molar-refractivity contribution in [2.24, 2.45) is 7.05 Å². The molecule has 0 saturated carbocycles. The van der Waals surface area contributed by atoms with E-state index in [0.717, 1.165) is 35.2 Å². The Morgan fingerprint density at radius 2 is 1.79 bits per heavy atom. The van der Waals surface area contributed by atoms with E-state index in [4.69, 9.17) is 23.2 Å². The highest BCUT2D eigenvalue weighted by Gasteiger charge is 2.32. The number of nitrogens with zero attached hydrogens (tertiary/aromatic N) is 2. The van der Waals surface area contributed by atoms with Gasteiger partial charge in [-0.2, -0.15) is 13.2 Å². The molecule has 0 spiro atoms. The summed E-state index contributed by atoms with van der Waals surface area (Å²) in [5.41, 5.74) is 2.12. The summed E-state index contributed by atoms with van der Waals surface area (Å²) in [5.74, 6) is 0.566. The van der Waals surface area contributed by atoms with Crippen LogP contribution < -0.4 is 0 Å². The molecule has 3 rings (SSSR count). The Morgan fingerprint density at radius 1 is 1.17 bits per heavy atom. The zero-order valence-corrected chi connectivity index (χ0v) is 17.7. The van der Waals surface area contributed by atoms with Gasteiger partial charge in [0.2, 0.25) is 0 Å². The molecule has 2 atom stereocenters. The van der Waals surface area contributed by atoms with E-state index >= 15 is 0 Å². The number of aliphatic hydroxyl groups excluding tert-OH is 1. The second-order valence-corrected chi connectivity index (χ2v) is 7.96. The number of aromatic nitrogens is 2. The number of rotatable bonds is 5. The first-order chi connectivity index (χ1) is 13.5. The monoisotopic (exact) mass is 444 g/mol. The summed E-state index contributed by atoms with van der Waals surface area (Å²) < 4.78 is 40.8. The summed E-state index contributed by atoms with van der Waals surface area (Å²) in [7, 11) is 1.84. The Hall–Kier alpha value is -1.76. The lowest BCUT2D eigenvalue weighted by Crippen LogP contribution is -2.15. The Balaban J connectivity index is 2.08. The van der Waals surface area contributed by atoms with Crippen molar-refractivity contribution in [3.63, 3.8) is 0 Å². The summed E-state index contributed by atoms with van der Waals surface area (Å²) in [6, 6.07) is 7.49. The predicted molar refractivity (Wildman–Crippen MR) is 110 cm³/mol. The summed E-state index contributed by atoms with van der Waals surface area (Å²) in [4.78, 5) is 4.64. The normalized spacial score (nSPS) is 14.4. The van der Waals surface area contributed by atoms with Crippen molar-refractivity contribution in [3.8, 4) is 0 Å². The van der Waals surface area contributed by atoms with Gasteiger partial charge in [0.15, 0.2) is 0 Å². The summed E-state index contributed by atoms with van der Waals surface area (Å²) in [6.45, 7) is 3.77. The second kappa shape index (κ2) is 8.17. The highest BCUT2D eigenvalue weighted by atomic mass is 35.5. The number of alkyl halides is 3. The Kier molecular flexibility index (Phi) is 6.18. The smallest absolute Gasteiger partial charge is 0.393 e. The fraction of sp³-hybridized carbons (Fsp3) is 0.381. The lowest BCUT2D eigenvalue weighted by atomic mass is 9.91. The first-order valence-corrected chi connectivity index (χ1v) is 9.97. The van der Waals surface area contributed by atoms with Crippen molar-refractivity contribution in [1.82, 2.24) is 9.55 Å². The van der Waals surface area contributed by atoms with Gasteiger partial charge < -0.3 is 9.67 Å². The molecule has 1 heterocycles. The molecule has 1 N–H and O–H groups in total. The quantitative estimate of drug-likeness (QED) is 0.496. The van der Waals surface area contributed by atoms with Crippen LogP contribution in [0.4, 0.5) is 13.2 Å². The van der Waals surface area contributed by atoms with Crippen LogP contribution in [0, 0.1) is 0 Å². The van der Waals surface area contributed by atoms with Crippen molar-refractivity contribution in [1.29, 1.82) is 0 Å². The average molecular weight is 445 g/mol. The van der Waals surface area contributed by atoms with Gasteiger partial charge in [0.05, 0.1) is 22.7 Å². The number of imidazole rings is 1. The predicted octanol–water partition coefficient (Wildman–Crippen LogP) is 6.36. The molecule has 0 fully saturated rings. The molecule has 8 heteroatoms. The van der Waals surface area contributed by atoms with Crippen LogP contribution in [0.25, 0.3) is 11.0 Å². The van der Waals surface area contributed by atoms with Gasteiger partial charge in [-0.25, -0.2) is 4.98 Å². The van der Waals surface area contributed by atoms with Crippen molar-refractivity contribution in [2.45, 2.75) is 44.9 Å². The van der Waals surface area contributed by atoms with E-state index in [0.29, 0.717) is 11.4 Å². The average Bonchev–Trinajstić information content (AvgIpc) is 2.94. The molecular formula is C21H21Cl2F3N2O. The summed E-state index contributed by atoms with van der Waals surface area (Å²) >= 11 is 12.3. The SMILES string of the molecule is CCC(c1cccc2nc(Cc3c(Cl)cc(C(F)(F)F)cc3Cl)n(C)c12)C(C)O. The van der Waals surface area contributed by atoms with Gasteiger partial charge in [0.25, 0.3) is 0 Å². The van der Waals surface area contributed by atoms with Gasteiger partial charge in [0.1, 0.15) is 5.82 Å². The zero-order valence-electron chi connectivity index (χ0n) is 16.2. The van der Waals surface area contributed by atoms with E-state index in [-0.39, 0.29) is 22.4 Å². The first-order valence-electron chi connectivity index (χ1n) is 9.22. The number of halogens is 5.